The molecule has 0 amide bonds. The largest absolute Gasteiger partial charge is 0.493 e. The molecular weight excluding hydrogens is 464 g/mol. The smallest absolute Gasteiger partial charge is 0.267 e. The maximum absolute atomic E-state index is 14.6. The molecule has 0 N–H and O–H groups in total. The predicted molar refractivity (Wildman–Crippen MR) is 120 cm³/mol. The second kappa shape index (κ2) is 9.34. The number of nitrogens with zero attached hydrogens (tertiary/aromatic N) is 1. The summed E-state index contributed by atoms with van der Waals surface area (Å²) >= 11 is 12.0. The van der Waals surface area contributed by atoms with E-state index in [0.29, 0.717) is 22.1 Å². The van der Waals surface area contributed by atoms with E-state index in [2.05, 4.69) is 0 Å². The average Bonchev–Trinajstić information content (AvgIpc) is 2.75. The molecule has 3 aromatic carbocycles. The van der Waals surface area contributed by atoms with Gasteiger partial charge in [-0.15, -0.1) is 0 Å². The summed E-state index contributed by atoms with van der Waals surface area (Å²) in [4.78, 5) is -0.532. The van der Waals surface area contributed by atoms with Crippen LogP contribution in [-0.2, 0) is 10.0 Å². The summed E-state index contributed by atoms with van der Waals surface area (Å²) in [5.41, 5.74) is 0.921. The van der Waals surface area contributed by atoms with E-state index < -0.39 is 26.8 Å². The molecule has 0 saturated carbocycles. The van der Waals surface area contributed by atoms with Crippen molar-refractivity contribution in [2.24, 2.45) is 0 Å². The molecule has 0 bridgehead atoms. The summed E-state index contributed by atoms with van der Waals surface area (Å²) in [6.45, 7) is 1.69. The van der Waals surface area contributed by atoms with Crippen molar-refractivity contribution < 1.29 is 22.3 Å². The van der Waals surface area contributed by atoms with Crippen molar-refractivity contribution in [3.63, 3.8) is 0 Å². The molecule has 0 aliphatic carbocycles. The zero-order valence-electron chi connectivity index (χ0n) is 17.0. The quantitative estimate of drug-likeness (QED) is 0.406. The molecule has 0 aliphatic rings. The van der Waals surface area contributed by atoms with Gasteiger partial charge >= 0.3 is 0 Å². The average molecular weight is 484 g/mol. The number of benzene rings is 3. The van der Waals surface area contributed by atoms with Crippen LogP contribution in [0.25, 0.3) is 0 Å². The Morgan fingerprint density at radius 1 is 0.871 bits per heavy atom. The number of sulfonamides is 1. The Kier molecular flexibility index (Phi) is 6.99. The molecule has 31 heavy (non-hydrogen) atoms. The standard InChI is InChI=1S/C22H20Cl2FNO4S/c1-14(15-4-6-16(23)7-5-15)26(18-9-11-20(29-2)21(13-18)30-3)31(27,28)22-12-17(24)8-10-19(22)25/h4-14H,1-3H3. The lowest BCUT2D eigenvalue weighted by molar-refractivity contribution is 0.355. The van der Waals surface area contributed by atoms with Crippen LogP contribution in [-0.4, -0.2) is 22.6 Å². The van der Waals surface area contributed by atoms with E-state index in [1.54, 1.807) is 43.3 Å². The second-order valence-corrected chi connectivity index (χ2v) is 9.30. The third kappa shape index (κ3) is 4.74. The Labute approximate surface area is 191 Å². The molecule has 5 nitrogen and oxygen atoms in total. The lowest BCUT2D eigenvalue weighted by Gasteiger charge is -2.31. The maximum Gasteiger partial charge on any atom is 0.267 e. The highest BCUT2D eigenvalue weighted by molar-refractivity contribution is 7.92. The van der Waals surface area contributed by atoms with E-state index in [0.717, 1.165) is 16.4 Å². The Bertz CT molecular complexity index is 1190. The first-order chi connectivity index (χ1) is 14.7. The molecule has 1 atom stereocenters. The van der Waals surface area contributed by atoms with E-state index >= 15 is 0 Å². The van der Waals surface area contributed by atoms with Gasteiger partial charge in [0.2, 0.25) is 0 Å². The fraction of sp³-hybridized carbons (Fsp3) is 0.182. The van der Waals surface area contributed by atoms with Crippen LogP contribution in [0.5, 0.6) is 11.5 Å². The fourth-order valence-electron chi connectivity index (χ4n) is 3.19. The minimum Gasteiger partial charge on any atom is -0.493 e. The van der Waals surface area contributed by atoms with Gasteiger partial charge in [-0.05, 0) is 55.0 Å². The lowest BCUT2D eigenvalue weighted by atomic mass is 10.1. The number of rotatable bonds is 7. The molecule has 3 aromatic rings. The number of ether oxygens (including phenoxy) is 2. The number of hydrogen-bond acceptors (Lipinski definition) is 4. The summed E-state index contributed by atoms with van der Waals surface area (Å²) < 4.78 is 53.6. The molecule has 0 fully saturated rings. The molecular formula is C22H20Cl2FNO4S. The van der Waals surface area contributed by atoms with Gasteiger partial charge in [-0.25, -0.2) is 12.8 Å². The van der Waals surface area contributed by atoms with Crippen LogP contribution in [0, 0.1) is 5.82 Å². The van der Waals surface area contributed by atoms with Crippen LogP contribution in [0.15, 0.2) is 65.6 Å². The minimum atomic E-state index is -4.36. The van der Waals surface area contributed by atoms with Crippen LogP contribution in [0.3, 0.4) is 0 Å². The number of anilines is 1. The number of hydrogen-bond donors (Lipinski definition) is 0. The van der Waals surface area contributed by atoms with Gasteiger partial charge in [0.25, 0.3) is 10.0 Å². The summed E-state index contributed by atoms with van der Waals surface area (Å²) in [5.74, 6) is -0.148. The van der Waals surface area contributed by atoms with Crippen LogP contribution < -0.4 is 13.8 Å². The molecule has 0 radical (unpaired) electrons. The zero-order valence-corrected chi connectivity index (χ0v) is 19.3. The predicted octanol–water partition coefficient (Wildman–Crippen LogP) is 6.11. The number of methoxy groups -OCH3 is 2. The van der Waals surface area contributed by atoms with Crippen molar-refractivity contribution in [1.29, 1.82) is 0 Å². The van der Waals surface area contributed by atoms with Gasteiger partial charge in [0.1, 0.15) is 10.7 Å². The van der Waals surface area contributed by atoms with E-state index in [1.165, 1.54) is 26.4 Å². The third-order valence-corrected chi connectivity index (χ3v) is 7.16. The highest BCUT2D eigenvalue weighted by Crippen LogP contribution is 2.39. The minimum absolute atomic E-state index is 0.103. The maximum atomic E-state index is 14.6. The monoisotopic (exact) mass is 483 g/mol. The van der Waals surface area contributed by atoms with E-state index in [4.69, 9.17) is 32.7 Å². The SMILES string of the molecule is COc1ccc(N(C(C)c2ccc(Cl)cc2)S(=O)(=O)c2cc(Cl)ccc2F)cc1OC. The van der Waals surface area contributed by atoms with Crippen molar-refractivity contribution in [2.45, 2.75) is 17.9 Å². The Hall–Kier alpha value is -2.48. The van der Waals surface area contributed by atoms with Gasteiger partial charge in [-0.3, -0.25) is 4.31 Å². The van der Waals surface area contributed by atoms with Crippen LogP contribution in [0.2, 0.25) is 10.0 Å². The van der Waals surface area contributed by atoms with Crippen molar-refractivity contribution in [3.05, 3.63) is 82.1 Å². The van der Waals surface area contributed by atoms with Crippen molar-refractivity contribution >= 4 is 38.9 Å². The Morgan fingerprint density at radius 2 is 1.48 bits per heavy atom. The third-order valence-electron chi connectivity index (χ3n) is 4.76. The first-order valence-corrected chi connectivity index (χ1v) is 11.4. The number of halogens is 3. The lowest BCUT2D eigenvalue weighted by Crippen LogP contribution is -2.34. The highest BCUT2D eigenvalue weighted by atomic mass is 35.5. The first kappa shape index (κ1) is 23.2. The topological polar surface area (TPSA) is 55.8 Å². The Morgan fingerprint density at radius 3 is 2.10 bits per heavy atom. The van der Waals surface area contributed by atoms with E-state index in [1.807, 2.05) is 0 Å². The van der Waals surface area contributed by atoms with Crippen LogP contribution >= 0.6 is 23.2 Å². The van der Waals surface area contributed by atoms with Crippen molar-refractivity contribution in [1.82, 2.24) is 0 Å². The van der Waals surface area contributed by atoms with Gasteiger partial charge in [0.05, 0.1) is 25.9 Å². The zero-order chi connectivity index (χ0) is 22.8. The van der Waals surface area contributed by atoms with Gasteiger partial charge in [0, 0.05) is 16.1 Å². The van der Waals surface area contributed by atoms with Gasteiger partial charge in [-0.2, -0.15) is 0 Å². The summed E-state index contributed by atoms with van der Waals surface area (Å²) in [7, 11) is -1.44. The highest BCUT2D eigenvalue weighted by Gasteiger charge is 2.33. The van der Waals surface area contributed by atoms with Crippen LogP contribution in [0.1, 0.15) is 18.5 Å². The second-order valence-electron chi connectivity index (χ2n) is 6.64. The summed E-state index contributed by atoms with van der Waals surface area (Å²) in [5, 5.41) is 0.615. The molecule has 164 valence electrons. The van der Waals surface area contributed by atoms with Crippen molar-refractivity contribution in [3.8, 4) is 11.5 Å². The first-order valence-electron chi connectivity index (χ1n) is 9.16. The summed E-state index contributed by atoms with van der Waals surface area (Å²) in [6, 6.07) is 14.1. The molecule has 0 spiro atoms. The molecule has 0 heterocycles. The summed E-state index contributed by atoms with van der Waals surface area (Å²) in [6.07, 6.45) is 0. The van der Waals surface area contributed by atoms with E-state index in [9.17, 15) is 12.8 Å². The van der Waals surface area contributed by atoms with Gasteiger partial charge in [-0.1, -0.05) is 35.3 Å². The molecule has 1 unspecified atom stereocenters. The van der Waals surface area contributed by atoms with Crippen molar-refractivity contribution in [2.75, 3.05) is 18.5 Å². The van der Waals surface area contributed by atoms with Crippen LogP contribution in [0.4, 0.5) is 10.1 Å². The molecule has 3 rings (SSSR count). The molecule has 0 aromatic heterocycles. The van der Waals surface area contributed by atoms with Gasteiger partial charge < -0.3 is 9.47 Å². The fourth-order valence-corrected chi connectivity index (χ4v) is 5.28. The normalized spacial score (nSPS) is 12.3. The molecule has 0 saturated heterocycles. The molecule has 9 heteroatoms. The Balaban J connectivity index is 2.23. The van der Waals surface area contributed by atoms with Gasteiger partial charge in [0.15, 0.2) is 11.5 Å². The van der Waals surface area contributed by atoms with E-state index in [-0.39, 0.29) is 10.7 Å². The molecule has 0 aliphatic heterocycles.